The predicted molar refractivity (Wildman–Crippen MR) is 127 cm³/mol. The van der Waals surface area contributed by atoms with Gasteiger partial charge in [-0.25, -0.2) is 16.3 Å². The van der Waals surface area contributed by atoms with Crippen LogP contribution in [0.2, 0.25) is 0 Å². The lowest BCUT2D eigenvalue weighted by Crippen LogP contribution is -2.41. The van der Waals surface area contributed by atoms with Crippen molar-refractivity contribution in [2.45, 2.75) is 32.4 Å². The number of hydrazine groups is 1. The number of rotatable bonds is 7. The first-order chi connectivity index (χ1) is 15.7. The van der Waals surface area contributed by atoms with Gasteiger partial charge in [0, 0.05) is 5.56 Å². The Morgan fingerprint density at radius 2 is 1.66 bits per heavy atom. The normalized spacial score (nSPS) is 18.4. The molecule has 0 spiro atoms. The maximum Gasteiger partial charge on any atom is 0.258 e. The number of amides is 1. The highest BCUT2D eigenvalue weighted by Gasteiger charge is 2.31. The number of hydrogen-bond donors (Lipinski definition) is 3. The van der Waals surface area contributed by atoms with Gasteiger partial charge in [-0.05, 0) is 43.0 Å². The number of hydrazone groups is 1. The first-order valence-electron chi connectivity index (χ1n) is 10.9. The number of para-hydroxylation sites is 1. The average molecular weight is 429 g/mol. The van der Waals surface area contributed by atoms with E-state index in [1.165, 1.54) is 5.56 Å². The van der Waals surface area contributed by atoms with Gasteiger partial charge in [-0.3, -0.25) is 4.79 Å². The van der Waals surface area contributed by atoms with Crippen LogP contribution in [0.3, 0.4) is 0 Å². The Bertz CT molecular complexity index is 1080. The van der Waals surface area contributed by atoms with Crippen molar-refractivity contribution in [3.05, 3.63) is 90.0 Å². The molecular weight excluding hydrogens is 400 g/mol. The molecule has 1 aliphatic rings. The van der Waals surface area contributed by atoms with Gasteiger partial charge in [-0.2, -0.15) is 5.10 Å². The monoisotopic (exact) mass is 428 g/mol. The summed E-state index contributed by atoms with van der Waals surface area (Å²) < 4.78 is 5.72. The Labute approximate surface area is 188 Å². The minimum atomic E-state index is -0.383. The molecule has 0 saturated carbocycles. The Hall–Kier alpha value is -3.48. The summed E-state index contributed by atoms with van der Waals surface area (Å²) in [5.41, 5.74) is 14.0. The molecule has 4 rings (SSSR count). The zero-order valence-corrected chi connectivity index (χ0v) is 18.3. The molecule has 3 aromatic carbocycles. The van der Waals surface area contributed by atoms with Crippen LogP contribution in [0.4, 0.5) is 0 Å². The highest BCUT2D eigenvalue weighted by atomic mass is 16.5. The van der Waals surface area contributed by atoms with Gasteiger partial charge >= 0.3 is 0 Å². The standard InChI is InChI=1S/C26H28N4O2/c1-3-32-25-12-8-7-11-22(25)23-17-24(29-28-23)26(31)30-27-18(2)19-13-15-21(16-14-19)20-9-5-4-6-10-20/h4-16,23-24,28-29H,3,17H2,1-2H3,(H,30,31)/b27-18+. The van der Waals surface area contributed by atoms with Crippen LogP contribution in [0, 0.1) is 0 Å². The molecule has 0 bridgehead atoms. The second-order valence-electron chi connectivity index (χ2n) is 7.72. The number of nitrogens with one attached hydrogen (secondary N) is 3. The molecule has 3 N–H and O–H groups in total. The molecule has 1 fully saturated rings. The van der Waals surface area contributed by atoms with Gasteiger partial charge < -0.3 is 4.74 Å². The van der Waals surface area contributed by atoms with Gasteiger partial charge in [0.25, 0.3) is 5.91 Å². The van der Waals surface area contributed by atoms with Gasteiger partial charge in [0.2, 0.25) is 0 Å². The van der Waals surface area contributed by atoms with Crippen molar-refractivity contribution < 1.29 is 9.53 Å². The molecule has 1 amide bonds. The van der Waals surface area contributed by atoms with Crippen molar-refractivity contribution in [3.63, 3.8) is 0 Å². The van der Waals surface area contributed by atoms with E-state index in [0.29, 0.717) is 13.0 Å². The molecule has 3 aromatic rings. The largest absolute Gasteiger partial charge is 0.494 e. The minimum Gasteiger partial charge on any atom is -0.494 e. The summed E-state index contributed by atoms with van der Waals surface area (Å²) in [7, 11) is 0. The maximum atomic E-state index is 12.7. The molecule has 32 heavy (non-hydrogen) atoms. The summed E-state index contributed by atoms with van der Waals surface area (Å²) in [6.07, 6.45) is 0.607. The van der Waals surface area contributed by atoms with E-state index in [4.69, 9.17) is 4.74 Å². The third-order valence-corrected chi connectivity index (χ3v) is 5.56. The third kappa shape index (κ3) is 5.04. The van der Waals surface area contributed by atoms with Crippen LogP contribution in [-0.4, -0.2) is 24.3 Å². The minimum absolute atomic E-state index is 0.0101. The molecule has 6 nitrogen and oxygen atoms in total. The second-order valence-corrected chi connectivity index (χ2v) is 7.72. The van der Waals surface area contributed by atoms with Gasteiger partial charge in [0.05, 0.1) is 18.4 Å². The van der Waals surface area contributed by atoms with Gasteiger partial charge in [-0.15, -0.1) is 0 Å². The van der Waals surface area contributed by atoms with Crippen molar-refractivity contribution in [2.75, 3.05) is 6.61 Å². The summed E-state index contributed by atoms with van der Waals surface area (Å²) in [6, 6.07) is 25.9. The van der Waals surface area contributed by atoms with Crippen LogP contribution in [-0.2, 0) is 4.79 Å². The lowest BCUT2D eigenvalue weighted by atomic mass is 10.0. The van der Waals surface area contributed by atoms with E-state index in [2.05, 4.69) is 45.6 Å². The molecule has 1 saturated heterocycles. The van der Waals surface area contributed by atoms with E-state index in [1.54, 1.807) is 0 Å². The van der Waals surface area contributed by atoms with Crippen molar-refractivity contribution >= 4 is 11.6 Å². The molecule has 1 heterocycles. The van der Waals surface area contributed by atoms with Crippen LogP contribution in [0.1, 0.15) is 37.4 Å². The number of hydrogen-bond acceptors (Lipinski definition) is 5. The summed E-state index contributed by atoms with van der Waals surface area (Å²) in [4.78, 5) is 12.7. The SMILES string of the molecule is CCOc1ccccc1C1CC(C(=O)N/N=C(\C)c2ccc(-c3ccccc3)cc2)NN1. The van der Waals surface area contributed by atoms with Crippen LogP contribution >= 0.6 is 0 Å². The lowest BCUT2D eigenvalue weighted by Gasteiger charge is -2.15. The van der Waals surface area contributed by atoms with Gasteiger partial charge in [-0.1, -0.05) is 72.8 Å². The zero-order valence-electron chi connectivity index (χ0n) is 18.3. The Morgan fingerprint density at radius 1 is 0.969 bits per heavy atom. The van der Waals surface area contributed by atoms with E-state index >= 15 is 0 Å². The van der Waals surface area contributed by atoms with Crippen molar-refractivity contribution in [2.24, 2.45) is 5.10 Å². The molecule has 0 radical (unpaired) electrons. The molecule has 6 heteroatoms. The molecule has 0 aromatic heterocycles. The Morgan fingerprint density at radius 3 is 2.41 bits per heavy atom. The second kappa shape index (κ2) is 10.2. The number of benzene rings is 3. The fourth-order valence-corrected chi connectivity index (χ4v) is 3.80. The maximum absolute atomic E-state index is 12.7. The topological polar surface area (TPSA) is 74.8 Å². The molecule has 2 atom stereocenters. The van der Waals surface area contributed by atoms with Crippen molar-refractivity contribution in [1.82, 2.24) is 16.3 Å². The number of carbonyl (C=O) groups is 1. The summed E-state index contributed by atoms with van der Waals surface area (Å²) >= 11 is 0. The van der Waals surface area contributed by atoms with Gasteiger partial charge in [0.15, 0.2) is 0 Å². The highest BCUT2D eigenvalue weighted by Crippen LogP contribution is 2.30. The molecule has 164 valence electrons. The highest BCUT2D eigenvalue weighted by molar-refractivity contribution is 5.99. The van der Waals surface area contributed by atoms with Crippen LogP contribution in [0.25, 0.3) is 11.1 Å². The number of ether oxygens (including phenoxy) is 1. The molecule has 2 unspecified atom stereocenters. The zero-order chi connectivity index (χ0) is 22.3. The quantitative estimate of drug-likeness (QED) is 0.389. The third-order valence-electron chi connectivity index (χ3n) is 5.56. The predicted octanol–water partition coefficient (Wildman–Crippen LogP) is 4.20. The molecule has 0 aliphatic carbocycles. The van der Waals surface area contributed by atoms with Crippen molar-refractivity contribution in [1.29, 1.82) is 0 Å². The van der Waals surface area contributed by atoms with Crippen LogP contribution in [0.5, 0.6) is 5.75 Å². The Balaban J connectivity index is 1.36. The van der Waals surface area contributed by atoms with Crippen LogP contribution < -0.4 is 21.0 Å². The first-order valence-corrected chi connectivity index (χ1v) is 10.9. The van der Waals surface area contributed by atoms with E-state index in [0.717, 1.165) is 28.2 Å². The fourth-order valence-electron chi connectivity index (χ4n) is 3.80. The molecule has 1 aliphatic heterocycles. The van der Waals surface area contributed by atoms with Crippen molar-refractivity contribution in [3.8, 4) is 16.9 Å². The van der Waals surface area contributed by atoms with E-state index in [-0.39, 0.29) is 18.0 Å². The van der Waals surface area contributed by atoms with E-state index in [9.17, 15) is 4.79 Å². The first kappa shape index (κ1) is 21.7. The summed E-state index contributed by atoms with van der Waals surface area (Å²) in [5.74, 6) is 0.664. The average Bonchev–Trinajstić information content (AvgIpc) is 3.34. The Kier molecular flexibility index (Phi) is 6.94. The smallest absolute Gasteiger partial charge is 0.258 e. The molecular formula is C26H28N4O2. The lowest BCUT2D eigenvalue weighted by molar-refractivity contribution is -0.122. The number of carbonyl (C=O) groups excluding carboxylic acids is 1. The number of nitrogens with zero attached hydrogens (tertiary/aromatic N) is 1. The van der Waals surface area contributed by atoms with Gasteiger partial charge in [0.1, 0.15) is 11.8 Å². The van der Waals surface area contributed by atoms with E-state index in [1.807, 2.05) is 68.4 Å². The van der Waals surface area contributed by atoms with Crippen LogP contribution in [0.15, 0.2) is 84.0 Å². The summed E-state index contributed by atoms with van der Waals surface area (Å²) in [6.45, 7) is 4.45. The van der Waals surface area contributed by atoms with E-state index < -0.39 is 0 Å². The fraction of sp³-hybridized carbons (Fsp3) is 0.231. The summed E-state index contributed by atoms with van der Waals surface area (Å²) in [5, 5.41) is 4.31.